The van der Waals surface area contributed by atoms with Crippen molar-refractivity contribution in [1.82, 2.24) is 46.9 Å². The lowest BCUT2D eigenvalue weighted by molar-refractivity contribution is -0.135. The number of fused-ring (bicyclic) bond motifs is 1. The van der Waals surface area contributed by atoms with Crippen molar-refractivity contribution in [2.45, 2.75) is 81.0 Å². The Morgan fingerprint density at radius 2 is 1.42 bits per heavy atom. The highest BCUT2D eigenvalue weighted by atomic mass is 35.5. The predicted molar refractivity (Wildman–Crippen MR) is 255 cm³/mol. The number of hydrogen-bond acceptors (Lipinski definition) is 12. The van der Waals surface area contributed by atoms with Gasteiger partial charge in [-0.05, 0) is 48.2 Å². The van der Waals surface area contributed by atoms with Crippen LogP contribution >= 0.6 is 33.2 Å². The SMILES string of the molecule is C[C@H](O)[C@H](NC(=O)[C@H]1CSSC[C@@H](NC(=O)[C@H](N)Cc2ccccc2)C(=O)N[C@@H](Cc2cnc[nH]2)C(=O)N[C@H](Cc2ccc(Cl)cc2)C(=O)N[C@@H](Cc2c[nH]c3ccccc23)C(=O)N1)C(N)=O. The molecule has 6 rings (SSSR count). The van der Waals surface area contributed by atoms with E-state index in [4.69, 9.17) is 23.1 Å². The van der Waals surface area contributed by atoms with Gasteiger partial charge >= 0.3 is 0 Å². The van der Waals surface area contributed by atoms with E-state index >= 15 is 0 Å². The number of nitrogens with one attached hydrogen (secondary N) is 8. The molecule has 13 N–H and O–H groups in total. The molecule has 1 aliphatic rings. The number of primary amides is 1. The minimum absolute atomic E-state index is 0.0801. The lowest BCUT2D eigenvalue weighted by atomic mass is 10.0. The summed E-state index contributed by atoms with van der Waals surface area (Å²) in [5.41, 5.74) is 15.1. The molecule has 0 radical (unpaired) electrons. The Kier molecular flexibility index (Phi) is 17.8. The molecular weight excluding hydrogens is 922 g/mol. The first kappa shape index (κ1) is 50.0. The van der Waals surface area contributed by atoms with Gasteiger partial charge in [-0.15, -0.1) is 0 Å². The maximum absolute atomic E-state index is 14.6. The third-order valence-electron chi connectivity index (χ3n) is 10.9. The second-order valence-electron chi connectivity index (χ2n) is 16.0. The zero-order valence-electron chi connectivity index (χ0n) is 36.2. The molecule has 19 nitrogen and oxygen atoms in total. The Balaban J connectivity index is 1.37. The number of benzene rings is 3. The normalized spacial score (nSPS) is 21.3. The van der Waals surface area contributed by atoms with Crippen LogP contribution in [0.4, 0.5) is 0 Å². The van der Waals surface area contributed by atoms with E-state index in [-0.39, 0.29) is 37.2 Å². The topological polar surface area (TPSA) is 308 Å². The maximum Gasteiger partial charge on any atom is 0.244 e. The Hall–Kier alpha value is -6.39. The van der Waals surface area contributed by atoms with E-state index < -0.39 is 89.7 Å². The number of aromatic amines is 2. The third-order valence-corrected chi connectivity index (χ3v) is 13.5. The minimum atomic E-state index is -1.52. The molecule has 2 aromatic heterocycles. The summed E-state index contributed by atoms with van der Waals surface area (Å²) >= 11 is 6.18. The van der Waals surface area contributed by atoms with E-state index in [1.807, 2.05) is 42.5 Å². The number of H-pyrrole nitrogens is 2. The molecule has 0 bridgehead atoms. The molecule has 0 spiro atoms. The standard InChI is InChI=1S/C45H52ClN11O8S2/c1-24(58)38(39(48)59)57-45(65)37-22-67-66-21-36(55-40(60)31(47)15-25-7-3-2-4-8-25)44(64)54-35(18-29-20-49-23-51-29)43(63)52-33(16-26-11-13-28(46)14-12-26)41(61)53-34(42(62)56-37)17-27-19-50-32-10-6-5-9-30(27)32/h2-14,19-20,23-24,31,33-38,50,58H,15-18,21-22,47H2,1H3,(H2,48,59)(H,49,51)(H,52,63)(H,53,61)(H,54,64)(H,55,60)(H,56,62)(H,57,65)/t24-,31+,33+,34-,35-,36+,37+,38-/m0/s1. The van der Waals surface area contributed by atoms with Crippen LogP contribution in [0.15, 0.2) is 97.6 Å². The first-order valence-electron chi connectivity index (χ1n) is 21.2. The van der Waals surface area contributed by atoms with Crippen molar-refractivity contribution in [3.8, 4) is 0 Å². The fourth-order valence-corrected chi connectivity index (χ4v) is 9.68. The van der Waals surface area contributed by atoms with Crippen LogP contribution < -0.4 is 43.4 Å². The third kappa shape index (κ3) is 14.3. The molecule has 8 atom stereocenters. The number of imidazole rings is 1. The Morgan fingerprint density at radius 1 is 0.791 bits per heavy atom. The highest BCUT2D eigenvalue weighted by Crippen LogP contribution is 2.25. The van der Waals surface area contributed by atoms with Gasteiger partial charge in [0.2, 0.25) is 41.4 Å². The minimum Gasteiger partial charge on any atom is -0.391 e. The molecule has 0 saturated carbocycles. The summed E-state index contributed by atoms with van der Waals surface area (Å²) in [7, 11) is 2.10. The molecule has 0 unspecified atom stereocenters. The first-order valence-corrected chi connectivity index (χ1v) is 24.1. The number of halogens is 1. The Bertz CT molecular complexity index is 2510. The summed E-state index contributed by atoms with van der Waals surface area (Å²) in [6.45, 7) is 1.26. The van der Waals surface area contributed by atoms with Gasteiger partial charge in [-0.3, -0.25) is 33.6 Å². The number of nitrogens with zero attached hydrogens (tertiary/aromatic N) is 1. The molecule has 22 heteroatoms. The highest BCUT2D eigenvalue weighted by molar-refractivity contribution is 8.76. The van der Waals surface area contributed by atoms with E-state index in [1.54, 1.807) is 42.6 Å². The average Bonchev–Trinajstić information content (AvgIpc) is 3.98. The second-order valence-corrected chi connectivity index (χ2v) is 19.0. The number of rotatable bonds is 14. The van der Waals surface area contributed by atoms with Gasteiger partial charge < -0.3 is 58.4 Å². The quantitative estimate of drug-likeness (QED) is 0.0671. The van der Waals surface area contributed by atoms with Crippen molar-refractivity contribution in [3.63, 3.8) is 0 Å². The number of nitrogens with two attached hydrogens (primary N) is 2. The number of carbonyl (C=O) groups excluding carboxylic acids is 7. The summed E-state index contributed by atoms with van der Waals surface area (Å²) in [5.74, 6) is -6.00. The molecule has 0 aliphatic carbocycles. The van der Waals surface area contributed by atoms with Gasteiger partial charge in [0.1, 0.15) is 36.3 Å². The molecule has 354 valence electrons. The summed E-state index contributed by atoms with van der Waals surface area (Å²) in [4.78, 5) is 108. The van der Waals surface area contributed by atoms with Crippen LogP contribution in [0, 0.1) is 0 Å². The van der Waals surface area contributed by atoms with Crippen LogP contribution in [0.1, 0.15) is 29.3 Å². The van der Waals surface area contributed by atoms with E-state index in [9.17, 15) is 38.7 Å². The number of aliphatic hydroxyl groups excluding tert-OH is 1. The fraction of sp³-hybridized carbons (Fsp3) is 0.333. The molecular formula is C45H52ClN11O8S2. The van der Waals surface area contributed by atoms with Crippen molar-refractivity contribution < 1.29 is 38.7 Å². The van der Waals surface area contributed by atoms with Gasteiger partial charge in [0.25, 0.3) is 0 Å². The lowest BCUT2D eigenvalue weighted by Crippen LogP contribution is -2.61. The molecule has 67 heavy (non-hydrogen) atoms. The van der Waals surface area contributed by atoms with Gasteiger partial charge in [-0.1, -0.05) is 93.9 Å². The van der Waals surface area contributed by atoms with E-state index in [0.29, 0.717) is 21.8 Å². The zero-order valence-corrected chi connectivity index (χ0v) is 38.6. The number of hydrogen-bond donors (Lipinski definition) is 11. The van der Waals surface area contributed by atoms with Crippen LogP contribution in [-0.4, -0.2) is 121 Å². The molecule has 7 amide bonds. The van der Waals surface area contributed by atoms with Crippen LogP contribution in [0.25, 0.3) is 10.9 Å². The van der Waals surface area contributed by atoms with Crippen molar-refractivity contribution in [2.24, 2.45) is 11.5 Å². The van der Waals surface area contributed by atoms with Crippen LogP contribution in [0.2, 0.25) is 5.02 Å². The molecule has 5 aromatic rings. The number of carbonyl (C=O) groups is 7. The summed E-state index contributed by atoms with van der Waals surface area (Å²) < 4.78 is 0. The zero-order chi connectivity index (χ0) is 48.0. The summed E-state index contributed by atoms with van der Waals surface area (Å²) in [5, 5.41) is 27.6. The number of amides is 7. The number of aliphatic hydroxyl groups is 1. The average molecular weight is 975 g/mol. The maximum atomic E-state index is 14.6. The number of aromatic nitrogens is 3. The monoisotopic (exact) mass is 973 g/mol. The van der Waals surface area contributed by atoms with Gasteiger partial charge in [0.05, 0.1) is 18.5 Å². The van der Waals surface area contributed by atoms with Crippen molar-refractivity contribution in [1.29, 1.82) is 0 Å². The van der Waals surface area contributed by atoms with Gasteiger partial charge in [0, 0.05) is 64.8 Å². The second kappa shape index (κ2) is 23.9. The molecule has 3 heterocycles. The Morgan fingerprint density at radius 3 is 2.09 bits per heavy atom. The van der Waals surface area contributed by atoms with E-state index in [2.05, 4.69) is 46.9 Å². The van der Waals surface area contributed by atoms with Crippen molar-refractivity contribution in [2.75, 3.05) is 11.5 Å². The van der Waals surface area contributed by atoms with Crippen LogP contribution in [-0.2, 0) is 59.2 Å². The van der Waals surface area contributed by atoms with Gasteiger partial charge in [-0.2, -0.15) is 0 Å². The molecule has 1 fully saturated rings. The first-order chi connectivity index (χ1) is 32.1. The number of para-hydroxylation sites is 1. The predicted octanol–water partition coefficient (Wildman–Crippen LogP) is 0.312. The highest BCUT2D eigenvalue weighted by Gasteiger charge is 2.36. The largest absolute Gasteiger partial charge is 0.391 e. The Labute approximate surface area is 398 Å². The van der Waals surface area contributed by atoms with Crippen LogP contribution in [0.5, 0.6) is 0 Å². The smallest absolute Gasteiger partial charge is 0.244 e. The summed E-state index contributed by atoms with van der Waals surface area (Å²) in [6, 6.07) is 13.6. The van der Waals surface area contributed by atoms with Gasteiger partial charge in [-0.25, -0.2) is 4.98 Å². The van der Waals surface area contributed by atoms with Crippen LogP contribution in [0.3, 0.4) is 0 Å². The van der Waals surface area contributed by atoms with Crippen molar-refractivity contribution >= 4 is 85.4 Å². The van der Waals surface area contributed by atoms with E-state index in [0.717, 1.165) is 38.1 Å². The fourth-order valence-electron chi connectivity index (χ4n) is 7.23. The lowest BCUT2D eigenvalue weighted by Gasteiger charge is -2.27. The van der Waals surface area contributed by atoms with Crippen molar-refractivity contribution in [3.05, 3.63) is 125 Å². The molecule has 1 aliphatic heterocycles. The molecule has 1 saturated heterocycles. The summed E-state index contributed by atoms with van der Waals surface area (Å²) in [6.07, 6.45) is 3.05. The molecule has 3 aromatic carbocycles. The van der Waals surface area contributed by atoms with E-state index in [1.165, 1.54) is 19.4 Å². The van der Waals surface area contributed by atoms with Gasteiger partial charge in [0.15, 0.2) is 0 Å².